The molecule has 0 atom stereocenters. The van der Waals surface area contributed by atoms with Crippen molar-refractivity contribution in [3.05, 3.63) is 0 Å². The van der Waals surface area contributed by atoms with Crippen molar-refractivity contribution in [1.29, 1.82) is 0 Å². The lowest BCUT2D eigenvalue weighted by Gasteiger charge is -2.41. The third kappa shape index (κ3) is 4.06. The number of nitrogens with zero attached hydrogens (tertiary/aromatic N) is 1. The summed E-state index contributed by atoms with van der Waals surface area (Å²) in [4.78, 5) is 15.4. The third-order valence-corrected chi connectivity index (χ3v) is 6.28. The van der Waals surface area contributed by atoms with Crippen LogP contribution >= 0.6 is 0 Å². The minimum Gasteiger partial charge on any atom is -0.381 e. The number of piperidine rings is 1. The summed E-state index contributed by atoms with van der Waals surface area (Å²) < 4.78 is 5.41. The van der Waals surface area contributed by atoms with E-state index >= 15 is 0 Å². The SMILES string of the molecule is NCC1(C(=O)NC2CCN(C3CCCCC3)CC2)CCOCC1. The molecule has 0 aromatic heterocycles. The summed E-state index contributed by atoms with van der Waals surface area (Å²) in [6, 6.07) is 1.12. The number of ether oxygens (including phenoxy) is 1. The van der Waals surface area contributed by atoms with Crippen LogP contribution < -0.4 is 11.1 Å². The number of hydrogen-bond acceptors (Lipinski definition) is 4. The molecule has 3 rings (SSSR count). The van der Waals surface area contributed by atoms with Crippen molar-refractivity contribution in [3.63, 3.8) is 0 Å². The predicted octanol–water partition coefficient (Wildman–Crippen LogP) is 1.66. The molecular weight excluding hydrogens is 290 g/mol. The maximum absolute atomic E-state index is 12.7. The van der Waals surface area contributed by atoms with Crippen molar-refractivity contribution in [2.24, 2.45) is 11.1 Å². The second-order valence-electron chi connectivity index (χ2n) is 7.67. The van der Waals surface area contributed by atoms with Gasteiger partial charge < -0.3 is 20.7 Å². The summed E-state index contributed by atoms with van der Waals surface area (Å²) >= 11 is 0. The van der Waals surface area contributed by atoms with Gasteiger partial charge in [0.15, 0.2) is 0 Å². The molecule has 2 heterocycles. The average Bonchev–Trinajstić information content (AvgIpc) is 2.63. The van der Waals surface area contributed by atoms with Gasteiger partial charge in [-0.1, -0.05) is 19.3 Å². The van der Waals surface area contributed by atoms with E-state index in [-0.39, 0.29) is 5.91 Å². The summed E-state index contributed by atoms with van der Waals surface area (Å²) in [5.41, 5.74) is 5.55. The monoisotopic (exact) mass is 323 g/mol. The highest BCUT2D eigenvalue weighted by Gasteiger charge is 2.40. The van der Waals surface area contributed by atoms with Crippen LogP contribution in [0.2, 0.25) is 0 Å². The first-order valence-electron chi connectivity index (χ1n) is 9.56. The molecule has 1 saturated carbocycles. The van der Waals surface area contributed by atoms with Crippen molar-refractivity contribution in [2.45, 2.75) is 69.9 Å². The number of nitrogens with one attached hydrogen (secondary N) is 1. The van der Waals surface area contributed by atoms with Crippen molar-refractivity contribution < 1.29 is 9.53 Å². The van der Waals surface area contributed by atoms with Crippen LogP contribution in [0, 0.1) is 5.41 Å². The smallest absolute Gasteiger partial charge is 0.227 e. The maximum atomic E-state index is 12.7. The third-order valence-electron chi connectivity index (χ3n) is 6.28. The van der Waals surface area contributed by atoms with E-state index in [0.717, 1.165) is 44.8 Å². The van der Waals surface area contributed by atoms with Gasteiger partial charge in [-0.3, -0.25) is 4.79 Å². The van der Waals surface area contributed by atoms with Gasteiger partial charge >= 0.3 is 0 Å². The van der Waals surface area contributed by atoms with Gasteiger partial charge in [0.1, 0.15) is 0 Å². The van der Waals surface area contributed by atoms with Gasteiger partial charge in [0, 0.05) is 44.9 Å². The number of carbonyl (C=O) groups is 1. The first-order valence-corrected chi connectivity index (χ1v) is 9.56. The molecule has 1 aliphatic carbocycles. The van der Waals surface area contributed by atoms with Crippen LogP contribution in [0.3, 0.4) is 0 Å². The Labute approximate surface area is 140 Å². The average molecular weight is 323 g/mol. The number of nitrogens with two attached hydrogens (primary N) is 1. The van der Waals surface area contributed by atoms with Crippen LogP contribution in [0.1, 0.15) is 57.8 Å². The normalized spacial score (nSPS) is 27.7. The Hall–Kier alpha value is -0.650. The summed E-state index contributed by atoms with van der Waals surface area (Å²) in [6.07, 6.45) is 10.6. The first kappa shape index (κ1) is 17.2. The maximum Gasteiger partial charge on any atom is 0.227 e. The second kappa shape index (κ2) is 7.95. The molecule has 2 saturated heterocycles. The molecule has 5 heteroatoms. The summed E-state index contributed by atoms with van der Waals surface area (Å²) in [7, 11) is 0. The lowest BCUT2D eigenvalue weighted by molar-refractivity contribution is -0.137. The van der Waals surface area contributed by atoms with E-state index in [9.17, 15) is 4.79 Å². The Morgan fingerprint density at radius 3 is 2.35 bits per heavy atom. The fourth-order valence-corrected chi connectivity index (χ4v) is 4.48. The number of rotatable bonds is 4. The van der Waals surface area contributed by atoms with E-state index in [4.69, 9.17) is 10.5 Å². The summed E-state index contributed by atoms with van der Waals surface area (Å²) in [5, 5.41) is 3.30. The highest BCUT2D eigenvalue weighted by Crippen LogP contribution is 2.30. The van der Waals surface area contributed by atoms with Gasteiger partial charge in [0.2, 0.25) is 5.91 Å². The lowest BCUT2D eigenvalue weighted by atomic mass is 9.79. The number of likely N-dealkylation sites (tertiary alicyclic amines) is 1. The Morgan fingerprint density at radius 1 is 1.09 bits per heavy atom. The van der Waals surface area contributed by atoms with Gasteiger partial charge in [-0.2, -0.15) is 0 Å². The van der Waals surface area contributed by atoms with Crippen molar-refractivity contribution in [3.8, 4) is 0 Å². The van der Waals surface area contributed by atoms with Gasteiger partial charge in [0.05, 0.1) is 5.41 Å². The molecule has 23 heavy (non-hydrogen) atoms. The molecule has 0 aromatic rings. The standard InChI is InChI=1S/C18H33N3O2/c19-14-18(8-12-23-13-9-18)17(22)20-15-6-10-21(11-7-15)16-4-2-1-3-5-16/h15-16H,1-14,19H2,(H,20,22). The highest BCUT2D eigenvalue weighted by molar-refractivity contribution is 5.83. The van der Waals surface area contributed by atoms with Gasteiger partial charge in [-0.25, -0.2) is 0 Å². The highest BCUT2D eigenvalue weighted by atomic mass is 16.5. The zero-order chi connectivity index (χ0) is 16.1. The Bertz CT molecular complexity index is 382. The fourth-order valence-electron chi connectivity index (χ4n) is 4.48. The number of carbonyl (C=O) groups excluding carboxylic acids is 1. The first-order chi connectivity index (χ1) is 11.2. The topological polar surface area (TPSA) is 67.6 Å². The largest absolute Gasteiger partial charge is 0.381 e. The quantitative estimate of drug-likeness (QED) is 0.825. The van der Waals surface area contributed by atoms with Crippen molar-refractivity contribution in [2.75, 3.05) is 32.8 Å². The van der Waals surface area contributed by atoms with Crippen LogP contribution in [0.4, 0.5) is 0 Å². The lowest BCUT2D eigenvalue weighted by Crippen LogP contribution is -2.54. The van der Waals surface area contributed by atoms with Crippen LogP contribution in [-0.2, 0) is 9.53 Å². The molecule has 3 aliphatic rings. The molecule has 0 radical (unpaired) electrons. The fraction of sp³-hybridized carbons (Fsp3) is 0.944. The zero-order valence-corrected chi connectivity index (χ0v) is 14.4. The molecule has 0 unspecified atom stereocenters. The van der Waals surface area contributed by atoms with Crippen molar-refractivity contribution in [1.82, 2.24) is 10.2 Å². The molecule has 2 aliphatic heterocycles. The summed E-state index contributed by atoms with van der Waals surface area (Å²) in [5.74, 6) is 0.166. The number of hydrogen-bond donors (Lipinski definition) is 2. The second-order valence-corrected chi connectivity index (χ2v) is 7.67. The minimum absolute atomic E-state index is 0.166. The predicted molar refractivity (Wildman–Crippen MR) is 91.2 cm³/mol. The molecule has 1 amide bonds. The van der Waals surface area contributed by atoms with Crippen molar-refractivity contribution >= 4 is 5.91 Å². The molecule has 0 spiro atoms. The van der Waals surface area contributed by atoms with Gasteiger partial charge in [-0.05, 0) is 38.5 Å². The molecule has 0 bridgehead atoms. The van der Waals surface area contributed by atoms with Crippen LogP contribution in [0.15, 0.2) is 0 Å². The molecular formula is C18H33N3O2. The van der Waals surface area contributed by atoms with Gasteiger partial charge in [0.25, 0.3) is 0 Å². The van der Waals surface area contributed by atoms with E-state index in [1.807, 2.05) is 0 Å². The van der Waals surface area contributed by atoms with Crippen LogP contribution in [0.5, 0.6) is 0 Å². The van der Waals surface area contributed by atoms with Crippen LogP contribution in [-0.4, -0.2) is 55.7 Å². The minimum atomic E-state index is -0.390. The van der Waals surface area contributed by atoms with Gasteiger partial charge in [-0.15, -0.1) is 0 Å². The van der Waals surface area contributed by atoms with E-state index in [2.05, 4.69) is 10.2 Å². The molecule has 3 N–H and O–H groups in total. The molecule has 132 valence electrons. The van der Waals surface area contributed by atoms with E-state index < -0.39 is 5.41 Å². The molecule has 3 fully saturated rings. The Balaban J connectivity index is 1.47. The molecule has 0 aromatic carbocycles. The Morgan fingerprint density at radius 2 is 1.74 bits per heavy atom. The van der Waals surface area contributed by atoms with E-state index in [0.29, 0.717) is 25.8 Å². The number of amides is 1. The molecule has 5 nitrogen and oxygen atoms in total. The Kier molecular flexibility index (Phi) is 5.94. The van der Waals surface area contributed by atoms with E-state index in [1.165, 1.54) is 32.1 Å². The van der Waals surface area contributed by atoms with Crippen LogP contribution in [0.25, 0.3) is 0 Å². The zero-order valence-electron chi connectivity index (χ0n) is 14.4. The summed E-state index contributed by atoms with van der Waals surface area (Å²) in [6.45, 7) is 4.02. The van der Waals surface area contributed by atoms with E-state index in [1.54, 1.807) is 0 Å².